The van der Waals surface area contributed by atoms with Gasteiger partial charge in [0.15, 0.2) is 5.13 Å². The van der Waals surface area contributed by atoms with Crippen LogP contribution in [0.5, 0.6) is 0 Å². The van der Waals surface area contributed by atoms with Gasteiger partial charge in [0.05, 0.1) is 12.3 Å². The number of thiazole rings is 1. The maximum Gasteiger partial charge on any atom is 0.185 e. The lowest BCUT2D eigenvalue weighted by molar-refractivity contribution is 0.0626. The van der Waals surface area contributed by atoms with Crippen molar-refractivity contribution in [1.29, 1.82) is 0 Å². The van der Waals surface area contributed by atoms with Gasteiger partial charge in [0, 0.05) is 37.1 Å². The van der Waals surface area contributed by atoms with E-state index in [0.29, 0.717) is 6.61 Å². The number of rotatable bonds is 5. The monoisotopic (exact) mass is 284 g/mol. The Bertz CT molecular complexity index is 402. The molecule has 1 fully saturated rings. The maximum atomic E-state index is 9.79. The first-order valence-electron chi connectivity index (χ1n) is 6.89. The van der Waals surface area contributed by atoms with E-state index in [9.17, 15) is 5.11 Å². The normalized spacial score (nSPS) is 23.9. The molecule has 2 rings (SSSR count). The summed E-state index contributed by atoms with van der Waals surface area (Å²) in [6.07, 6.45) is 3.11. The molecule has 0 aromatic carbocycles. The van der Waals surface area contributed by atoms with Crippen LogP contribution in [-0.2, 0) is 4.74 Å². The molecule has 1 aromatic rings. The summed E-state index contributed by atoms with van der Waals surface area (Å²) < 4.78 is 5.19. The van der Waals surface area contributed by atoms with Gasteiger partial charge >= 0.3 is 0 Å². The molecule has 108 valence electrons. The van der Waals surface area contributed by atoms with Gasteiger partial charge in [0.2, 0.25) is 0 Å². The number of piperidine rings is 1. The highest BCUT2D eigenvalue weighted by atomic mass is 32.1. The van der Waals surface area contributed by atoms with Gasteiger partial charge in [-0.05, 0) is 33.1 Å². The van der Waals surface area contributed by atoms with E-state index in [1.807, 2.05) is 0 Å². The second-order valence-corrected chi connectivity index (χ2v) is 6.75. The minimum absolute atomic E-state index is 0.0261. The van der Waals surface area contributed by atoms with Crippen LogP contribution in [0.25, 0.3) is 0 Å². The smallest absolute Gasteiger partial charge is 0.185 e. The Balaban J connectivity index is 2.10. The lowest BCUT2D eigenvalue weighted by atomic mass is 9.78. The van der Waals surface area contributed by atoms with Crippen LogP contribution in [0.4, 0.5) is 5.13 Å². The molecule has 2 heterocycles. The van der Waals surface area contributed by atoms with Crippen LogP contribution < -0.4 is 4.90 Å². The first kappa shape index (κ1) is 14.8. The number of aliphatic hydroxyl groups excluding tert-OH is 1. The van der Waals surface area contributed by atoms with Crippen LogP contribution in [0.2, 0.25) is 0 Å². The van der Waals surface area contributed by atoms with E-state index < -0.39 is 0 Å². The molecular formula is C14H24N2O2S. The van der Waals surface area contributed by atoms with Crippen molar-refractivity contribution in [3.63, 3.8) is 0 Å². The van der Waals surface area contributed by atoms with Crippen LogP contribution >= 0.6 is 11.3 Å². The molecule has 0 saturated carbocycles. The van der Waals surface area contributed by atoms with Gasteiger partial charge in [-0.1, -0.05) is 0 Å². The standard InChI is InChI=1S/C14H24N2O2S/c1-11-12(2)19-13(15-11)16-7-4-5-14(9-16,10-17)6-8-18-3/h17H,4-10H2,1-3H3. The zero-order valence-electron chi connectivity index (χ0n) is 12.1. The van der Waals surface area contributed by atoms with Crippen molar-refractivity contribution >= 4 is 16.5 Å². The van der Waals surface area contributed by atoms with Gasteiger partial charge in [0.1, 0.15) is 0 Å². The van der Waals surface area contributed by atoms with Crippen molar-refractivity contribution < 1.29 is 9.84 Å². The first-order chi connectivity index (χ1) is 9.10. The second kappa shape index (κ2) is 6.20. The van der Waals surface area contributed by atoms with Gasteiger partial charge in [0.25, 0.3) is 0 Å². The zero-order valence-corrected chi connectivity index (χ0v) is 12.9. The number of anilines is 1. The van der Waals surface area contributed by atoms with E-state index in [1.54, 1.807) is 18.4 Å². The predicted octanol–water partition coefficient (Wildman–Crippen LogP) is 2.38. The largest absolute Gasteiger partial charge is 0.396 e. The van der Waals surface area contributed by atoms with E-state index in [1.165, 1.54) is 4.88 Å². The summed E-state index contributed by atoms with van der Waals surface area (Å²) in [6.45, 7) is 7.05. The highest BCUT2D eigenvalue weighted by Crippen LogP contribution is 2.37. The van der Waals surface area contributed by atoms with Crippen LogP contribution in [-0.4, -0.2) is 43.5 Å². The minimum atomic E-state index is -0.0261. The van der Waals surface area contributed by atoms with Crippen molar-refractivity contribution in [2.24, 2.45) is 5.41 Å². The Labute approximate surface area is 119 Å². The number of hydrogen-bond acceptors (Lipinski definition) is 5. The quantitative estimate of drug-likeness (QED) is 0.901. The fraction of sp³-hybridized carbons (Fsp3) is 0.786. The molecule has 4 nitrogen and oxygen atoms in total. The fourth-order valence-electron chi connectivity index (χ4n) is 2.69. The Morgan fingerprint density at radius 2 is 2.26 bits per heavy atom. The Morgan fingerprint density at radius 1 is 1.47 bits per heavy atom. The lowest BCUT2D eigenvalue weighted by Gasteiger charge is -2.41. The summed E-state index contributed by atoms with van der Waals surface area (Å²) in [4.78, 5) is 8.26. The van der Waals surface area contributed by atoms with Gasteiger partial charge in [-0.15, -0.1) is 11.3 Å². The number of aliphatic hydroxyl groups is 1. The zero-order chi connectivity index (χ0) is 13.9. The summed E-state index contributed by atoms with van der Waals surface area (Å²) >= 11 is 1.76. The maximum absolute atomic E-state index is 9.79. The van der Waals surface area contributed by atoms with Crippen molar-refractivity contribution in [2.75, 3.05) is 38.3 Å². The Morgan fingerprint density at radius 3 is 2.84 bits per heavy atom. The van der Waals surface area contributed by atoms with Gasteiger partial charge in [-0.3, -0.25) is 0 Å². The predicted molar refractivity (Wildman–Crippen MR) is 79.0 cm³/mol. The number of nitrogens with zero attached hydrogens (tertiary/aromatic N) is 2. The van der Waals surface area contributed by atoms with E-state index in [4.69, 9.17) is 4.74 Å². The van der Waals surface area contributed by atoms with Crippen molar-refractivity contribution in [1.82, 2.24) is 4.98 Å². The lowest BCUT2D eigenvalue weighted by Crippen LogP contribution is -2.46. The molecule has 1 atom stereocenters. The molecule has 0 bridgehead atoms. The Hall–Kier alpha value is -0.650. The number of aryl methyl sites for hydroxylation is 2. The van der Waals surface area contributed by atoms with Crippen molar-refractivity contribution in [3.05, 3.63) is 10.6 Å². The third-order valence-electron chi connectivity index (χ3n) is 4.12. The summed E-state index contributed by atoms with van der Waals surface area (Å²) in [7, 11) is 1.72. The molecule has 0 aliphatic carbocycles. The molecule has 1 N–H and O–H groups in total. The SMILES string of the molecule is COCCC1(CO)CCCN(c2nc(C)c(C)s2)C1. The van der Waals surface area contributed by atoms with Crippen LogP contribution in [0.3, 0.4) is 0 Å². The molecule has 0 spiro atoms. The summed E-state index contributed by atoms with van der Waals surface area (Å²) in [5, 5.41) is 10.9. The topological polar surface area (TPSA) is 45.6 Å². The molecule has 0 radical (unpaired) electrons. The van der Waals surface area contributed by atoms with Crippen molar-refractivity contribution in [2.45, 2.75) is 33.1 Å². The number of methoxy groups -OCH3 is 1. The minimum Gasteiger partial charge on any atom is -0.396 e. The highest BCUT2D eigenvalue weighted by molar-refractivity contribution is 7.15. The summed E-state index contributed by atoms with van der Waals surface area (Å²) in [5.41, 5.74) is 1.10. The van der Waals surface area contributed by atoms with Gasteiger partial charge < -0.3 is 14.7 Å². The Kier molecular flexibility index (Phi) is 4.81. The van der Waals surface area contributed by atoms with E-state index >= 15 is 0 Å². The molecular weight excluding hydrogens is 260 g/mol. The molecule has 1 aliphatic heterocycles. The van der Waals surface area contributed by atoms with Gasteiger partial charge in [-0.2, -0.15) is 0 Å². The first-order valence-corrected chi connectivity index (χ1v) is 7.71. The molecule has 0 amide bonds. The average Bonchev–Trinajstić information content (AvgIpc) is 2.77. The molecule has 1 saturated heterocycles. The van der Waals surface area contributed by atoms with Crippen LogP contribution in [0.1, 0.15) is 29.8 Å². The molecule has 1 aromatic heterocycles. The third kappa shape index (κ3) is 3.27. The molecule has 5 heteroatoms. The number of hydrogen-bond donors (Lipinski definition) is 1. The highest BCUT2D eigenvalue weighted by Gasteiger charge is 2.35. The number of aromatic nitrogens is 1. The van der Waals surface area contributed by atoms with E-state index in [-0.39, 0.29) is 12.0 Å². The van der Waals surface area contributed by atoms with Crippen LogP contribution in [0.15, 0.2) is 0 Å². The van der Waals surface area contributed by atoms with Crippen molar-refractivity contribution in [3.8, 4) is 0 Å². The fourth-order valence-corrected chi connectivity index (χ4v) is 3.63. The molecule has 1 unspecified atom stereocenters. The van der Waals surface area contributed by atoms with Crippen LogP contribution in [0, 0.1) is 19.3 Å². The van der Waals surface area contributed by atoms with E-state index in [0.717, 1.165) is 43.2 Å². The van der Waals surface area contributed by atoms with E-state index in [2.05, 4.69) is 23.7 Å². The summed E-state index contributed by atoms with van der Waals surface area (Å²) in [5.74, 6) is 0. The molecule has 19 heavy (non-hydrogen) atoms. The third-order valence-corrected chi connectivity index (χ3v) is 5.25. The average molecular weight is 284 g/mol. The second-order valence-electron chi connectivity index (χ2n) is 5.56. The molecule has 1 aliphatic rings. The summed E-state index contributed by atoms with van der Waals surface area (Å²) in [6, 6.07) is 0. The van der Waals surface area contributed by atoms with Gasteiger partial charge in [-0.25, -0.2) is 4.98 Å². The number of ether oxygens (including phenoxy) is 1.